The molecular formula is C16H26ClNS. The third-order valence-electron chi connectivity index (χ3n) is 3.18. The van der Waals surface area contributed by atoms with Crippen molar-refractivity contribution in [2.45, 2.75) is 39.0 Å². The van der Waals surface area contributed by atoms with Crippen molar-refractivity contribution in [2.24, 2.45) is 0 Å². The molecule has 0 radical (unpaired) electrons. The van der Waals surface area contributed by atoms with Crippen LogP contribution in [0.1, 0.15) is 44.6 Å². The van der Waals surface area contributed by atoms with Crippen molar-refractivity contribution in [2.75, 3.05) is 24.6 Å². The second-order valence-corrected chi connectivity index (χ2v) is 6.63. The van der Waals surface area contributed by atoms with E-state index < -0.39 is 0 Å². The number of thioether (sulfide) groups is 1. The minimum absolute atomic E-state index is 0.586. The molecule has 0 amide bonds. The maximum absolute atomic E-state index is 6.11. The Hall–Kier alpha value is -0.180. The summed E-state index contributed by atoms with van der Waals surface area (Å²) >= 11 is 8.14. The van der Waals surface area contributed by atoms with Gasteiger partial charge in [0.2, 0.25) is 0 Å². The Morgan fingerprint density at radius 2 is 2.16 bits per heavy atom. The van der Waals surface area contributed by atoms with Gasteiger partial charge in [0.15, 0.2) is 0 Å². The maximum atomic E-state index is 6.11. The van der Waals surface area contributed by atoms with Gasteiger partial charge in [-0.2, -0.15) is 11.8 Å². The van der Waals surface area contributed by atoms with Gasteiger partial charge in [-0.1, -0.05) is 37.6 Å². The summed E-state index contributed by atoms with van der Waals surface area (Å²) in [5.41, 5.74) is 1.37. The van der Waals surface area contributed by atoms with Crippen LogP contribution < -0.4 is 5.32 Å². The Labute approximate surface area is 127 Å². The van der Waals surface area contributed by atoms with Crippen molar-refractivity contribution < 1.29 is 0 Å². The number of benzene rings is 1. The van der Waals surface area contributed by atoms with Crippen LogP contribution in [0, 0.1) is 0 Å². The average Bonchev–Trinajstić information content (AvgIpc) is 2.41. The molecule has 0 saturated heterocycles. The summed E-state index contributed by atoms with van der Waals surface area (Å²) in [5, 5.41) is 4.39. The molecule has 0 aliphatic carbocycles. The third kappa shape index (κ3) is 7.24. The van der Waals surface area contributed by atoms with E-state index in [-0.39, 0.29) is 0 Å². The highest BCUT2D eigenvalue weighted by molar-refractivity contribution is 7.99. The molecule has 0 bridgehead atoms. The molecule has 0 fully saturated rings. The first-order valence-electron chi connectivity index (χ1n) is 7.31. The molecule has 0 aromatic heterocycles. The van der Waals surface area contributed by atoms with E-state index in [1.807, 2.05) is 17.8 Å². The van der Waals surface area contributed by atoms with E-state index in [0.29, 0.717) is 5.92 Å². The summed E-state index contributed by atoms with van der Waals surface area (Å²) in [7, 11) is 0. The Morgan fingerprint density at radius 1 is 1.32 bits per heavy atom. The highest BCUT2D eigenvalue weighted by Crippen LogP contribution is 2.24. The first-order chi connectivity index (χ1) is 9.27. The van der Waals surface area contributed by atoms with Crippen molar-refractivity contribution in [3.63, 3.8) is 0 Å². The van der Waals surface area contributed by atoms with Gasteiger partial charge in [-0.3, -0.25) is 0 Å². The molecule has 1 unspecified atom stereocenters. The zero-order valence-corrected chi connectivity index (χ0v) is 13.7. The van der Waals surface area contributed by atoms with E-state index in [4.69, 9.17) is 11.6 Å². The first kappa shape index (κ1) is 16.9. The van der Waals surface area contributed by atoms with Crippen molar-refractivity contribution in [3.05, 3.63) is 34.9 Å². The fourth-order valence-electron chi connectivity index (χ4n) is 2.18. The molecule has 0 aliphatic rings. The molecule has 108 valence electrons. The van der Waals surface area contributed by atoms with Gasteiger partial charge in [-0.05, 0) is 60.9 Å². The Morgan fingerprint density at radius 3 is 2.84 bits per heavy atom. The number of nitrogens with one attached hydrogen (secondary N) is 1. The largest absolute Gasteiger partial charge is 0.316 e. The monoisotopic (exact) mass is 299 g/mol. The van der Waals surface area contributed by atoms with Crippen LogP contribution in [0.3, 0.4) is 0 Å². The molecule has 19 heavy (non-hydrogen) atoms. The lowest BCUT2D eigenvalue weighted by atomic mass is 9.94. The number of hydrogen-bond donors (Lipinski definition) is 1. The fraction of sp³-hybridized carbons (Fsp3) is 0.625. The standard InChI is InChI=1S/C16H26ClNS/c1-3-10-18-13-15(8-6-11-19-4-2)14-7-5-9-16(17)12-14/h5,7,9,12,15,18H,3-4,6,8,10-11,13H2,1-2H3. The van der Waals surface area contributed by atoms with Crippen molar-refractivity contribution in [3.8, 4) is 0 Å². The average molecular weight is 300 g/mol. The van der Waals surface area contributed by atoms with Crippen LogP contribution in [0.25, 0.3) is 0 Å². The van der Waals surface area contributed by atoms with Gasteiger partial charge in [0.05, 0.1) is 0 Å². The van der Waals surface area contributed by atoms with E-state index in [1.54, 1.807) is 0 Å². The van der Waals surface area contributed by atoms with Crippen molar-refractivity contribution in [1.29, 1.82) is 0 Å². The number of halogens is 1. The Balaban J connectivity index is 2.52. The molecule has 1 rings (SSSR count). The normalized spacial score (nSPS) is 12.6. The quantitative estimate of drug-likeness (QED) is 0.613. The minimum Gasteiger partial charge on any atom is -0.316 e. The van der Waals surface area contributed by atoms with Crippen LogP contribution in [-0.2, 0) is 0 Å². The van der Waals surface area contributed by atoms with E-state index in [1.165, 1.54) is 36.3 Å². The molecule has 0 spiro atoms. The van der Waals surface area contributed by atoms with E-state index in [9.17, 15) is 0 Å². The predicted octanol–water partition coefficient (Wildman–Crippen LogP) is 4.96. The van der Waals surface area contributed by atoms with Gasteiger partial charge in [-0.25, -0.2) is 0 Å². The summed E-state index contributed by atoms with van der Waals surface area (Å²) < 4.78 is 0. The third-order valence-corrected chi connectivity index (χ3v) is 4.40. The van der Waals surface area contributed by atoms with Crippen LogP contribution >= 0.6 is 23.4 Å². The lowest BCUT2D eigenvalue weighted by Gasteiger charge is -2.18. The summed E-state index contributed by atoms with van der Waals surface area (Å²) in [6, 6.07) is 8.34. The molecule has 1 aromatic carbocycles. The molecular weight excluding hydrogens is 274 g/mol. The molecule has 1 aromatic rings. The van der Waals surface area contributed by atoms with E-state index in [0.717, 1.165) is 18.1 Å². The minimum atomic E-state index is 0.586. The number of hydrogen-bond acceptors (Lipinski definition) is 2. The lowest BCUT2D eigenvalue weighted by Crippen LogP contribution is -2.22. The van der Waals surface area contributed by atoms with Gasteiger partial charge in [0.1, 0.15) is 0 Å². The maximum Gasteiger partial charge on any atom is 0.0408 e. The summed E-state index contributed by atoms with van der Waals surface area (Å²) in [6.45, 7) is 6.59. The molecule has 0 heterocycles. The zero-order chi connectivity index (χ0) is 13.9. The van der Waals surface area contributed by atoms with Crippen LogP contribution in [0.2, 0.25) is 5.02 Å². The van der Waals surface area contributed by atoms with E-state index >= 15 is 0 Å². The summed E-state index contributed by atoms with van der Waals surface area (Å²) in [4.78, 5) is 0. The molecule has 3 heteroatoms. The summed E-state index contributed by atoms with van der Waals surface area (Å²) in [5.74, 6) is 3.07. The van der Waals surface area contributed by atoms with Gasteiger partial charge in [-0.15, -0.1) is 0 Å². The van der Waals surface area contributed by atoms with Gasteiger partial charge in [0.25, 0.3) is 0 Å². The Bertz CT molecular complexity index is 343. The van der Waals surface area contributed by atoms with Gasteiger partial charge < -0.3 is 5.32 Å². The Kier molecular flexibility index (Phi) is 9.40. The van der Waals surface area contributed by atoms with Crippen LogP contribution in [0.4, 0.5) is 0 Å². The van der Waals surface area contributed by atoms with E-state index in [2.05, 4.69) is 37.4 Å². The molecule has 0 aliphatic heterocycles. The van der Waals surface area contributed by atoms with Crippen molar-refractivity contribution >= 4 is 23.4 Å². The van der Waals surface area contributed by atoms with Crippen LogP contribution in [0.5, 0.6) is 0 Å². The van der Waals surface area contributed by atoms with Crippen LogP contribution in [-0.4, -0.2) is 24.6 Å². The molecule has 1 nitrogen and oxygen atoms in total. The van der Waals surface area contributed by atoms with Gasteiger partial charge in [0, 0.05) is 11.6 Å². The second kappa shape index (κ2) is 10.6. The predicted molar refractivity (Wildman–Crippen MR) is 89.6 cm³/mol. The molecule has 1 N–H and O–H groups in total. The SMILES string of the molecule is CCCNCC(CCCSCC)c1cccc(Cl)c1. The fourth-order valence-corrected chi connectivity index (χ4v) is 3.03. The second-order valence-electron chi connectivity index (χ2n) is 4.80. The lowest BCUT2D eigenvalue weighted by molar-refractivity contribution is 0.544. The van der Waals surface area contributed by atoms with Gasteiger partial charge >= 0.3 is 0 Å². The first-order valence-corrected chi connectivity index (χ1v) is 8.85. The highest BCUT2D eigenvalue weighted by atomic mass is 35.5. The van der Waals surface area contributed by atoms with Crippen LogP contribution in [0.15, 0.2) is 24.3 Å². The topological polar surface area (TPSA) is 12.0 Å². The number of rotatable bonds is 10. The zero-order valence-electron chi connectivity index (χ0n) is 12.1. The molecule has 1 atom stereocenters. The summed E-state index contributed by atoms with van der Waals surface area (Å²) in [6.07, 6.45) is 3.71. The molecule has 0 saturated carbocycles. The smallest absolute Gasteiger partial charge is 0.0408 e. The highest BCUT2D eigenvalue weighted by Gasteiger charge is 2.11. The van der Waals surface area contributed by atoms with Crippen molar-refractivity contribution in [1.82, 2.24) is 5.32 Å².